The van der Waals surface area contributed by atoms with Crippen molar-refractivity contribution in [3.63, 3.8) is 0 Å². The lowest BCUT2D eigenvalue weighted by atomic mass is 10.1. The molecule has 1 aromatic rings. The van der Waals surface area contributed by atoms with Gasteiger partial charge in [-0.3, -0.25) is 0 Å². The first kappa shape index (κ1) is 15.7. The van der Waals surface area contributed by atoms with Crippen LogP contribution >= 0.6 is 0 Å². The molecule has 0 aliphatic heterocycles. The number of unbranched alkanes of at least 4 members (excludes halogenated alkanes) is 1. The minimum atomic E-state index is 0.375. The molecule has 0 saturated carbocycles. The highest BCUT2D eigenvalue weighted by Gasteiger charge is 1.99. The Balaban J connectivity index is 2.29. The van der Waals surface area contributed by atoms with Gasteiger partial charge in [-0.1, -0.05) is 43.4 Å². The predicted octanol–water partition coefficient (Wildman–Crippen LogP) is 2.33. The highest BCUT2D eigenvalue weighted by molar-refractivity contribution is 5.41. The van der Waals surface area contributed by atoms with Gasteiger partial charge < -0.3 is 15.2 Å². The Morgan fingerprint density at radius 3 is 2.68 bits per heavy atom. The normalized spacial score (nSPS) is 10.0. The third-order valence-corrected chi connectivity index (χ3v) is 2.61. The first-order chi connectivity index (χ1) is 9.38. The standard InChI is InChI=1S/C16H23NO2/c1-2-3-11-18-12-13-19-14-16-8-5-4-7-15(16)9-6-10-17/h4-5,7-8H,2-3,10-14,17H2,1H3. The minimum absolute atomic E-state index is 0.375. The molecule has 0 saturated heterocycles. The van der Waals surface area contributed by atoms with E-state index in [2.05, 4.69) is 18.8 Å². The molecule has 3 heteroatoms. The van der Waals surface area contributed by atoms with Gasteiger partial charge in [-0.2, -0.15) is 0 Å². The fourth-order valence-corrected chi connectivity index (χ4v) is 1.56. The lowest BCUT2D eigenvalue weighted by Gasteiger charge is -2.07. The lowest BCUT2D eigenvalue weighted by molar-refractivity contribution is 0.0396. The zero-order valence-corrected chi connectivity index (χ0v) is 11.7. The van der Waals surface area contributed by atoms with Crippen LogP contribution < -0.4 is 5.73 Å². The van der Waals surface area contributed by atoms with Crippen molar-refractivity contribution in [2.75, 3.05) is 26.4 Å². The summed E-state index contributed by atoms with van der Waals surface area (Å²) in [6.45, 7) is 5.17. The zero-order valence-electron chi connectivity index (χ0n) is 11.7. The number of ether oxygens (including phenoxy) is 2. The SMILES string of the molecule is CCCCOCCOCc1ccccc1C#CCN. The Hall–Kier alpha value is -1.34. The Labute approximate surface area is 116 Å². The van der Waals surface area contributed by atoms with Gasteiger partial charge in [-0.05, 0) is 18.1 Å². The molecule has 0 bridgehead atoms. The predicted molar refractivity (Wildman–Crippen MR) is 77.8 cm³/mol. The first-order valence-corrected chi connectivity index (χ1v) is 6.80. The molecule has 3 nitrogen and oxygen atoms in total. The van der Waals surface area contributed by atoms with Crippen molar-refractivity contribution >= 4 is 0 Å². The molecule has 0 atom stereocenters. The molecule has 0 aliphatic rings. The third-order valence-electron chi connectivity index (χ3n) is 2.61. The molecular weight excluding hydrogens is 238 g/mol. The van der Waals surface area contributed by atoms with E-state index in [1.807, 2.05) is 24.3 Å². The summed E-state index contributed by atoms with van der Waals surface area (Å²) in [4.78, 5) is 0. The van der Waals surface area contributed by atoms with Crippen LogP contribution in [0.15, 0.2) is 24.3 Å². The van der Waals surface area contributed by atoms with Crippen LogP contribution in [0.25, 0.3) is 0 Å². The van der Waals surface area contributed by atoms with Crippen LogP contribution in [0.1, 0.15) is 30.9 Å². The van der Waals surface area contributed by atoms with Gasteiger partial charge in [0.05, 0.1) is 26.4 Å². The number of nitrogens with two attached hydrogens (primary N) is 1. The van der Waals surface area contributed by atoms with E-state index in [9.17, 15) is 0 Å². The topological polar surface area (TPSA) is 44.5 Å². The monoisotopic (exact) mass is 261 g/mol. The van der Waals surface area contributed by atoms with Crippen LogP contribution in [0.5, 0.6) is 0 Å². The molecule has 1 rings (SSSR count). The average Bonchev–Trinajstić information content (AvgIpc) is 2.45. The van der Waals surface area contributed by atoms with Gasteiger partial charge in [0.2, 0.25) is 0 Å². The van der Waals surface area contributed by atoms with E-state index in [1.165, 1.54) is 0 Å². The van der Waals surface area contributed by atoms with Crippen LogP contribution in [0, 0.1) is 11.8 Å². The van der Waals surface area contributed by atoms with Gasteiger partial charge >= 0.3 is 0 Å². The van der Waals surface area contributed by atoms with Crippen molar-refractivity contribution in [3.8, 4) is 11.8 Å². The third kappa shape index (κ3) is 6.97. The van der Waals surface area contributed by atoms with E-state index in [0.717, 1.165) is 30.6 Å². The number of hydrogen-bond acceptors (Lipinski definition) is 3. The van der Waals surface area contributed by atoms with Crippen LogP contribution in [-0.2, 0) is 16.1 Å². The molecule has 0 aliphatic carbocycles. The summed E-state index contributed by atoms with van der Waals surface area (Å²) in [6.07, 6.45) is 2.27. The summed E-state index contributed by atoms with van der Waals surface area (Å²) in [7, 11) is 0. The van der Waals surface area contributed by atoms with Crippen molar-refractivity contribution < 1.29 is 9.47 Å². The number of rotatable bonds is 8. The molecule has 19 heavy (non-hydrogen) atoms. The van der Waals surface area contributed by atoms with Gasteiger partial charge in [-0.25, -0.2) is 0 Å². The fraction of sp³-hybridized carbons (Fsp3) is 0.500. The summed E-state index contributed by atoms with van der Waals surface area (Å²) in [5, 5.41) is 0. The molecule has 0 spiro atoms. The average molecular weight is 261 g/mol. The quantitative estimate of drug-likeness (QED) is 0.577. The fourth-order valence-electron chi connectivity index (χ4n) is 1.56. The molecule has 0 unspecified atom stereocenters. The van der Waals surface area contributed by atoms with Gasteiger partial charge in [0.1, 0.15) is 0 Å². The molecular formula is C16H23NO2. The Kier molecular flexibility index (Phi) is 8.74. The smallest absolute Gasteiger partial charge is 0.0730 e. The van der Waals surface area contributed by atoms with Crippen molar-refractivity contribution in [1.82, 2.24) is 0 Å². The molecule has 0 radical (unpaired) electrons. The molecule has 0 fully saturated rings. The summed E-state index contributed by atoms with van der Waals surface area (Å²) in [5.41, 5.74) is 7.47. The van der Waals surface area contributed by atoms with E-state index in [4.69, 9.17) is 15.2 Å². The second kappa shape index (κ2) is 10.6. The zero-order chi connectivity index (χ0) is 13.8. The second-order valence-corrected chi connectivity index (χ2v) is 4.18. The highest BCUT2D eigenvalue weighted by atomic mass is 16.5. The lowest BCUT2D eigenvalue weighted by Crippen LogP contribution is -2.06. The first-order valence-electron chi connectivity index (χ1n) is 6.80. The van der Waals surface area contributed by atoms with Gasteiger partial charge in [0.25, 0.3) is 0 Å². The summed E-state index contributed by atoms with van der Waals surface area (Å²) >= 11 is 0. The minimum Gasteiger partial charge on any atom is -0.379 e. The van der Waals surface area contributed by atoms with E-state index in [1.54, 1.807) is 0 Å². The summed E-state index contributed by atoms with van der Waals surface area (Å²) in [5.74, 6) is 5.92. The Morgan fingerprint density at radius 2 is 1.89 bits per heavy atom. The maximum atomic E-state index is 5.60. The molecule has 1 aromatic carbocycles. The van der Waals surface area contributed by atoms with E-state index < -0.39 is 0 Å². The van der Waals surface area contributed by atoms with Crippen molar-refractivity contribution in [1.29, 1.82) is 0 Å². The summed E-state index contributed by atoms with van der Waals surface area (Å²) < 4.78 is 11.0. The van der Waals surface area contributed by atoms with Crippen LogP contribution in [-0.4, -0.2) is 26.4 Å². The van der Waals surface area contributed by atoms with E-state index in [-0.39, 0.29) is 0 Å². The summed E-state index contributed by atoms with van der Waals surface area (Å²) in [6, 6.07) is 7.97. The maximum absolute atomic E-state index is 5.60. The largest absolute Gasteiger partial charge is 0.379 e. The molecule has 0 heterocycles. The molecule has 104 valence electrons. The molecule has 2 N–H and O–H groups in total. The van der Waals surface area contributed by atoms with Gasteiger partial charge in [-0.15, -0.1) is 0 Å². The molecule has 0 aromatic heterocycles. The van der Waals surface area contributed by atoms with Crippen molar-refractivity contribution in [3.05, 3.63) is 35.4 Å². The number of benzene rings is 1. The van der Waals surface area contributed by atoms with Gasteiger partial charge in [0.15, 0.2) is 0 Å². The van der Waals surface area contributed by atoms with Crippen LogP contribution in [0.4, 0.5) is 0 Å². The van der Waals surface area contributed by atoms with E-state index >= 15 is 0 Å². The van der Waals surface area contributed by atoms with Gasteiger partial charge in [0, 0.05) is 12.2 Å². The Morgan fingerprint density at radius 1 is 1.11 bits per heavy atom. The van der Waals surface area contributed by atoms with Crippen LogP contribution in [0.3, 0.4) is 0 Å². The van der Waals surface area contributed by atoms with Crippen molar-refractivity contribution in [2.24, 2.45) is 5.73 Å². The highest BCUT2D eigenvalue weighted by Crippen LogP contribution is 2.08. The van der Waals surface area contributed by atoms with E-state index in [0.29, 0.717) is 26.4 Å². The number of hydrogen-bond donors (Lipinski definition) is 1. The second-order valence-electron chi connectivity index (χ2n) is 4.18. The maximum Gasteiger partial charge on any atom is 0.0730 e. The van der Waals surface area contributed by atoms with Crippen LogP contribution in [0.2, 0.25) is 0 Å². The van der Waals surface area contributed by atoms with Crippen molar-refractivity contribution in [2.45, 2.75) is 26.4 Å². The Bertz CT molecular complexity index is 407. The molecule has 0 amide bonds.